The smallest absolute Gasteiger partial charge is 0.253 e. The molecular formula is C20H29N3O4S. The minimum atomic E-state index is -3.01. The highest BCUT2D eigenvalue weighted by Crippen LogP contribution is 2.17. The summed E-state index contributed by atoms with van der Waals surface area (Å²) < 4.78 is 23.3. The lowest BCUT2D eigenvalue weighted by atomic mass is 10.1. The highest BCUT2D eigenvalue weighted by Gasteiger charge is 2.33. The van der Waals surface area contributed by atoms with Crippen molar-refractivity contribution in [3.05, 3.63) is 34.9 Å². The Morgan fingerprint density at radius 3 is 2.21 bits per heavy atom. The molecule has 2 amide bonds. The van der Waals surface area contributed by atoms with E-state index in [4.69, 9.17) is 0 Å². The van der Waals surface area contributed by atoms with E-state index < -0.39 is 9.84 Å². The van der Waals surface area contributed by atoms with Gasteiger partial charge in [0.2, 0.25) is 5.91 Å². The minimum absolute atomic E-state index is 0.0334. The Kier molecular flexibility index (Phi) is 6.09. The average Bonchev–Trinajstić information content (AvgIpc) is 3.00. The fraction of sp³-hybridized carbons (Fsp3) is 0.600. The van der Waals surface area contributed by atoms with Crippen LogP contribution in [0.4, 0.5) is 0 Å². The number of aryl methyl sites for hydroxylation is 2. The zero-order valence-corrected chi connectivity index (χ0v) is 17.7. The lowest BCUT2D eigenvalue weighted by Gasteiger charge is -2.35. The van der Waals surface area contributed by atoms with Gasteiger partial charge in [0.25, 0.3) is 5.91 Å². The SMILES string of the molecule is Cc1cc(C)cc(C(=O)N2CCN(CC(=O)N(C)C3CCS(=O)(=O)C3)CC2)c1. The van der Waals surface area contributed by atoms with Gasteiger partial charge in [-0.3, -0.25) is 14.5 Å². The molecule has 3 rings (SSSR count). The predicted molar refractivity (Wildman–Crippen MR) is 108 cm³/mol. The second kappa shape index (κ2) is 8.21. The van der Waals surface area contributed by atoms with Gasteiger partial charge in [-0.05, 0) is 32.4 Å². The Morgan fingerprint density at radius 1 is 1.07 bits per heavy atom. The maximum atomic E-state index is 12.8. The third-order valence-electron chi connectivity index (χ3n) is 5.64. The number of benzene rings is 1. The van der Waals surface area contributed by atoms with Gasteiger partial charge in [-0.2, -0.15) is 0 Å². The normalized spacial score (nSPS) is 22.2. The van der Waals surface area contributed by atoms with Crippen LogP contribution in [0.3, 0.4) is 0 Å². The van der Waals surface area contributed by atoms with E-state index in [0.717, 1.165) is 11.1 Å². The summed E-state index contributed by atoms with van der Waals surface area (Å²) in [6.07, 6.45) is 0.517. The molecular weight excluding hydrogens is 378 g/mol. The van der Waals surface area contributed by atoms with Crippen molar-refractivity contribution in [1.29, 1.82) is 0 Å². The molecule has 0 aromatic heterocycles. The van der Waals surface area contributed by atoms with E-state index in [9.17, 15) is 18.0 Å². The minimum Gasteiger partial charge on any atom is -0.341 e. The molecule has 8 heteroatoms. The number of carbonyl (C=O) groups excluding carboxylic acids is 2. The summed E-state index contributed by atoms with van der Waals surface area (Å²) in [6.45, 7) is 6.68. The fourth-order valence-corrected chi connectivity index (χ4v) is 5.75. The van der Waals surface area contributed by atoms with Gasteiger partial charge in [-0.15, -0.1) is 0 Å². The average molecular weight is 408 g/mol. The van der Waals surface area contributed by atoms with Crippen molar-refractivity contribution in [2.75, 3.05) is 51.3 Å². The molecule has 0 radical (unpaired) electrons. The summed E-state index contributed by atoms with van der Waals surface area (Å²) in [7, 11) is -1.32. The zero-order valence-electron chi connectivity index (χ0n) is 16.8. The van der Waals surface area contributed by atoms with Crippen LogP contribution in [0.1, 0.15) is 27.9 Å². The van der Waals surface area contributed by atoms with Crippen molar-refractivity contribution in [3.8, 4) is 0 Å². The number of piperazine rings is 1. The molecule has 0 N–H and O–H groups in total. The molecule has 0 saturated carbocycles. The Bertz CT molecular complexity index is 840. The van der Waals surface area contributed by atoms with Gasteiger partial charge < -0.3 is 9.80 Å². The number of nitrogens with zero attached hydrogens (tertiary/aromatic N) is 3. The maximum Gasteiger partial charge on any atom is 0.253 e. The fourth-order valence-electron chi connectivity index (χ4n) is 3.98. The Labute approximate surface area is 167 Å². The zero-order chi connectivity index (χ0) is 20.5. The first-order valence-corrected chi connectivity index (χ1v) is 11.5. The van der Waals surface area contributed by atoms with Gasteiger partial charge in [-0.25, -0.2) is 8.42 Å². The second-order valence-electron chi connectivity index (χ2n) is 8.01. The van der Waals surface area contributed by atoms with E-state index in [0.29, 0.717) is 38.2 Å². The quantitative estimate of drug-likeness (QED) is 0.735. The summed E-state index contributed by atoms with van der Waals surface area (Å²) in [5.74, 6) is 0.198. The topological polar surface area (TPSA) is 78.0 Å². The number of sulfone groups is 1. The van der Waals surface area contributed by atoms with E-state index in [1.807, 2.05) is 41.8 Å². The van der Waals surface area contributed by atoms with Crippen molar-refractivity contribution >= 4 is 21.7 Å². The first-order valence-electron chi connectivity index (χ1n) is 9.70. The molecule has 154 valence electrons. The van der Waals surface area contributed by atoms with Gasteiger partial charge in [0, 0.05) is 44.8 Å². The molecule has 1 aromatic carbocycles. The molecule has 2 aliphatic heterocycles. The molecule has 0 aliphatic carbocycles. The van der Waals surface area contributed by atoms with E-state index >= 15 is 0 Å². The van der Waals surface area contributed by atoms with Crippen LogP contribution in [0.2, 0.25) is 0 Å². The van der Waals surface area contributed by atoms with E-state index in [1.165, 1.54) is 0 Å². The molecule has 1 unspecified atom stereocenters. The van der Waals surface area contributed by atoms with Crippen LogP contribution in [0.25, 0.3) is 0 Å². The summed E-state index contributed by atoms with van der Waals surface area (Å²) in [5.41, 5.74) is 2.86. The highest BCUT2D eigenvalue weighted by atomic mass is 32.2. The molecule has 2 fully saturated rings. The van der Waals surface area contributed by atoms with Crippen molar-refractivity contribution in [1.82, 2.24) is 14.7 Å². The second-order valence-corrected chi connectivity index (χ2v) is 10.2. The molecule has 2 aliphatic rings. The maximum absolute atomic E-state index is 12.8. The first kappa shape index (κ1) is 20.8. The number of carbonyl (C=O) groups is 2. The van der Waals surface area contributed by atoms with Crippen LogP contribution in [-0.4, -0.2) is 92.3 Å². The molecule has 28 heavy (non-hydrogen) atoms. The van der Waals surface area contributed by atoms with E-state index in [2.05, 4.69) is 0 Å². The highest BCUT2D eigenvalue weighted by molar-refractivity contribution is 7.91. The third-order valence-corrected chi connectivity index (χ3v) is 7.39. The number of likely N-dealkylation sites (N-methyl/N-ethyl adjacent to an activating group) is 1. The van der Waals surface area contributed by atoms with Crippen molar-refractivity contribution in [2.24, 2.45) is 0 Å². The van der Waals surface area contributed by atoms with Crippen molar-refractivity contribution < 1.29 is 18.0 Å². The molecule has 1 aromatic rings. The molecule has 0 bridgehead atoms. The standard InChI is InChI=1S/C20H29N3O4S/c1-15-10-16(2)12-17(11-15)20(25)23-7-5-22(6-8-23)13-19(24)21(3)18-4-9-28(26,27)14-18/h10-12,18H,4-9,13-14H2,1-3H3. The monoisotopic (exact) mass is 407 g/mol. The van der Waals surface area contributed by atoms with E-state index in [1.54, 1.807) is 11.9 Å². The lowest BCUT2D eigenvalue weighted by Crippen LogP contribution is -2.52. The first-order chi connectivity index (χ1) is 13.1. The van der Waals surface area contributed by atoms with Gasteiger partial charge >= 0.3 is 0 Å². The van der Waals surface area contributed by atoms with Gasteiger partial charge in [0.05, 0.1) is 18.1 Å². The third kappa shape index (κ3) is 4.91. The summed E-state index contributed by atoms with van der Waals surface area (Å²) in [6, 6.07) is 5.66. The summed E-state index contributed by atoms with van der Waals surface area (Å²) in [5, 5.41) is 0. The van der Waals surface area contributed by atoms with Gasteiger partial charge in [0.1, 0.15) is 0 Å². The number of hydrogen-bond donors (Lipinski definition) is 0. The van der Waals surface area contributed by atoms with Crippen LogP contribution in [0.5, 0.6) is 0 Å². The molecule has 1 atom stereocenters. The summed E-state index contributed by atoms with van der Waals surface area (Å²) in [4.78, 5) is 30.7. The largest absolute Gasteiger partial charge is 0.341 e. The van der Waals surface area contributed by atoms with Gasteiger partial charge in [0.15, 0.2) is 9.84 Å². The predicted octanol–water partition coefficient (Wildman–Crippen LogP) is 0.707. The number of amides is 2. The van der Waals surface area contributed by atoms with E-state index in [-0.39, 0.29) is 35.9 Å². The van der Waals surface area contributed by atoms with Crippen LogP contribution in [-0.2, 0) is 14.6 Å². The van der Waals surface area contributed by atoms with Crippen LogP contribution >= 0.6 is 0 Å². The van der Waals surface area contributed by atoms with Gasteiger partial charge in [-0.1, -0.05) is 17.2 Å². The Hall–Kier alpha value is -1.93. The molecule has 2 heterocycles. The number of rotatable bonds is 4. The Morgan fingerprint density at radius 2 is 1.68 bits per heavy atom. The van der Waals surface area contributed by atoms with Crippen molar-refractivity contribution in [3.63, 3.8) is 0 Å². The van der Waals surface area contributed by atoms with Crippen LogP contribution < -0.4 is 0 Å². The molecule has 0 spiro atoms. The van der Waals surface area contributed by atoms with Crippen molar-refractivity contribution in [2.45, 2.75) is 26.3 Å². The van der Waals surface area contributed by atoms with Crippen LogP contribution in [0, 0.1) is 13.8 Å². The lowest BCUT2D eigenvalue weighted by molar-refractivity contribution is -0.133. The summed E-state index contributed by atoms with van der Waals surface area (Å²) >= 11 is 0. The Balaban J connectivity index is 1.51. The molecule has 7 nitrogen and oxygen atoms in total. The van der Waals surface area contributed by atoms with Crippen LogP contribution in [0.15, 0.2) is 18.2 Å². The molecule has 2 saturated heterocycles. The number of hydrogen-bond acceptors (Lipinski definition) is 5.